The number of carbonyl (C=O) groups excluding carboxylic acids is 1. The number of thioether (sulfide) groups is 1. The van der Waals surface area contributed by atoms with Crippen molar-refractivity contribution in [2.24, 2.45) is 5.73 Å². The fraction of sp³-hybridized carbons (Fsp3) is 0.818. The molecular weight excluding hydrogens is 256 g/mol. The highest BCUT2D eigenvalue weighted by molar-refractivity contribution is 8.13. The lowest BCUT2D eigenvalue weighted by Crippen LogP contribution is -2.39. The van der Waals surface area contributed by atoms with Crippen molar-refractivity contribution < 1.29 is 19.4 Å². The van der Waals surface area contributed by atoms with Crippen molar-refractivity contribution in [2.75, 3.05) is 13.1 Å². The van der Waals surface area contributed by atoms with E-state index in [1.54, 1.807) is 20.8 Å². The van der Waals surface area contributed by atoms with E-state index in [0.717, 1.165) is 11.8 Å². The second-order valence-corrected chi connectivity index (χ2v) is 6.50. The average Bonchev–Trinajstić information content (AvgIpc) is 2.57. The molecule has 1 aliphatic rings. The average molecular weight is 276 g/mol. The van der Waals surface area contributed by atoms with Crippen LogP contribution in [-0.2, 0) is 4.74 Å². The van der Waals surface area contributed by atoms with Gasteiger partial charge in [-0.3, -0.25) is 0 Å². The van der Waals surface area contributed by atoms with Crippen molar-refractivity contribution in [3.63, 3.8) is 0 Å². The van der Waals surface area contributed by atoms with E-state index in [9.17, 15) is 9.59 Å². The summed E-state index contributed by atoms with van der Waals surface area (Å²) in [7, 11) is 0. The van der Waals surface area contributed by atoms with E-state index in [4.69, 9.17) is 15.6 Å². The molecule has 18 heavy (non-hydrogen) atoms. The molecule has 0 spiro atoms. The van der Waals surface area contributed by atoms with Gasteiger partial charge < -0.3 is 20.5 Å². The molecule has 2 atom stereocenters. The number of nitrogens with zero attached hydrogens (tertiary/aromatic N) is 1. The lowest BCUT2D eigenvalue weighted by atomic mass is 10.2. The van der Waals surface area contributed by atoms with E-state index in [2.05, 4.69) is 0 Å². The van der Waals surface area contributed by atoms with Gasteiger partial charge in [-0.2, -0.15) is 0 Å². The van der Waals surface area contributed by atoms with E-state index in [1.165, 1.54) is 4.90 Å². The van der Waals surface area contributed by atoms with Gasteiger partial charge in [-0.15, -0.1) is 0 Å². The van der Waals surface area contributed by atoms with Crippen molar-refractivity contribution in [3.05, 3.63) is 0 Å². The first-order valence-corrected chi connectivity index (χ1v) is 6.70. The van der Waals surface area contributed by atoms with E-state index >= 15 is 0 Å². The van der Waals surface area contributed by atoms with Crippen LogP contribution in [0.25, 0.3) is 0 Å². The minimum Gasteiger partial charge on any atom is -0.465 e. The smallest absolute Gasteiger partial charge is 0.407 e. The molecule has 0 aromatic rings. The quantitative estimate of drug-likeness (QED) is 0.746. The number of hydrogen-bond donors (Lipinski definition) is 2. The van der Waals surface area contributed by atoms with Crippen LogP contribution in [0.15, 0.2) is 0 Å². The van der Waals surface area contributed by atoms with Crippen LogP contribution in [0.4, 0.5) is 9.59 Å². The van der Waals surface area contributed by atoms with Gasteiger partial charge in [0.15, 0.2) is 0 Å². The number of nitrogens with two attached hydrogens (primary N) is 1. The number of carbonyl (C=O) groups is 2. The molecule has 0 saturated carbocycles. The Morgan fingerprint density at radius 2 is 2.11 bits per heavy atom. The number of ether oxygens (including phenoxy) is 1. The van der Waals surface area contributed by atoms with Gasteiger partial charge >= 0.3 is 11.4 Å². The monoisotopic (exact) mass is 276 g/mol. The third kappa shape index (κ3) is 4.38. The zero-order valence-electron chi connectivity index (χ0n) is 10.9. The van der Waals surface area contributed by atoms with Gasteiger partial charge in [0.25, 0.3) is 0 Å². The molecule has 0 aromatic heterocycles. The van der Waals surface area contributed by atoms with Gasteiger partial charge in [-0.05, 0) is 39.0 Å². The maximum atomic E-state index is 11.6. The Balaban J connectivity index is 2.50. The Hall–Kier alpha value is -0.950. The third-order valence-corrected chi connectivity index (χ3v) is 3.50. The highest BCUT2D eigenvalue weighted by Gasteiger charge is 2.36. The maximum absolute atomic E-state index is 11.6. The first kappa shape index (κ1) is 15.1. The molecule has 1 saturated heterocycles. The summed E-state index contributed by atoms with van der Waals surface area (Å²) in [6.07, 6.45) is -0.398. The standard InChI is InChI=1S/C11H20N2O4S/c1-11(2,3)17-10(16)18-8-4-7(5-12)13(6-8)9(14)15/h7-8H,4-6,12H2,1-3H3,(H,14,15)/t7-,8-/m0/s1. The van der Waals surface area contributed by atoms with Crippen molar-refractivity contribution in [1.82, 2.24) is 4.90 Å². The lowest BCUT2D eigenvalue weighted by Gasteiger charge is -2.20. The molecule has 1 fully saturated rings. The Labute approximate surface area is 111 Å². The van der Waals surface area contributed by atoms with Gasteiger partial charge in [0, 0.05) is 24.4 Å². The van der Waals surface area contributed by atoms with Crippen LogP contribution >= 0.6 is 11.8 Å². The number of likely N-dealkylation sites (tertiary alicyclic amines) is 1. The Morgan fingerprint density at radius 1 is 1.50 bits per heavy atom. The maximum Gasteiger partial charge on any atom is 0.407 e. The highest BCUT2D eigenvalue weighted by Crippen LogP contribution is 2.29. The van der Waals surface area contributed by atoms with E-state index in [-0.39, 0.29) is 23.1 Å². The first-order valence-electron chi connectivity index (χ1n) is 5.82. The predicted molar refractivity (Wildman–Crippen MR) is 69.8 cm³/mol. The summed E-state index contributed by atoms with van der Waals surface area (Å²) < 4.78 is 5.19. The topological polar surface area (TPSA) is 92.9 Å². The summed E-state index contributed by atoms with van der Waals surface area (Å²) in [5, 5.41) is 8.55. The minimum atomic E-state index is -0.988. The van der Waals surface area contributed by atoms with Gasteiger partial charge in [-0.1, -0.05) is 0 Å². The molecule has 0 bridgehead atoms. The van der Waals surface area contributed by atoms with Crippen LogP contribution in [0, 0.1) is 0 Å². The fourth-order valence-electron chi connectivity index (χ4n) is 1.83. The molecule has 104 valence electrons. The summed E-state index contributed by atoms with van der Waals surface area (Å²) in [5.74, 6) is 0. The largest absolute Gasteiger partial charge is 0.465 e. The number of carboxylic acid groups (broad SMARTS) is 1. The number of rotatable bonds is 2. The molecule has 0 unspecified atom stereocenters. The zero-order valence-corrected chi connectivity index (χ0v) is 11.7. The fourth-order valence-corrected chi connectivity index (χ4v) is 2.95. The molecule has 1 aliphatic heterocycles. The van der Waals surface area contributed by atoms with Gasteiger partial charge in [-0.25, -0.2) is 9.59 Å². The Kier molecular flexibility index (Phi) is 4.86. The highest BCUT2D eigenvalue weighted by atomic mass is 32.2. The molecular formula is C11H20N2O4S. The van der Waals surface area contributed by atoms with E-state index in [0.29, 0.717) is 13.0 Å². The molecule has 0 radical (unpaired) electrons. The zero-order chi connectivity index (χ0) is 13.9. The second kappa shape index (κ2) is 5.79. The first-order chi connectivity index (χ1) is 8.23. The third-order valence-electron chi connectivity index (χ3n) is 2.55. The summed E-state index contributed by atoms with van der Waals surface area (Å²) in [4.78, 5) is 23.9. The summed E-state index contributed by atoms with van der Waals surface area (Å²) >= 11 is 1.05. The van der Waals surface area contributed by atoms with Crippen LogP contribution in [0.1, 0.15) is 27.2 Å². The van der Waals surface area contributed by atoms with Crippen molar-refractivity contribution in [3.8, 4) is 0 Å². The van der Waals surface area contributed by atoms with Crippen LogP contribution in [0.3, 0.4) is 0 Å². The molecule has 6 nitrogen and oxygen atoms in total. The van der Waals surface area contributed by atoms with Gasteiger partial charge in [0.1, 0.15) is 5.60 Å². The Bertz CT molecular complexity index is 329. The molecule has 1 rings (SSSR count). The van der Waals surface area contributed by atoms with Crippen LogP contribution in [-0.4, -0.2) is 51.4 Å². The van der Waals surface area contributed by atoms with Crippen LogP contribution in [0.5, 0.6) is 0 Å². The lowest BCUT2D eigenvalue weighted by molar-refractivity contribution is 0.0736. The molecule has 7 heteroatoms. The SMILES string of the molecule is CC(C)(C)OC(=O)S[C@H]1C[C@@H](CN)N(C(=O)O)C1. The van der Waals surface area contributed by atoms with Crippen molar-refractivity contribution >= 4 is 23.2 Å². The predicted octanol–water partition coefficient (Wildman–Crippen LogP) is 1.73. The van der Waals surface area contributed by atoms with E-state index < -0.39 is 11.7 Å². The molecule has 3 N–H and O–H groups in total. The van der Waals surface area contributed by atoms with Gasteiger partial charge in [0.05, 0.1) is 0 Å². The summed E-state index contributed by atoms with van der Waals surface area (Å²) in [6.45, 7) is 5.99. The van der Waals surface area contributed by atoms with Crippen molar-refractivity contribution in [1.29, 1.82) is 0 Å². The summed E-state index contributed by atoms with van der Waals surface area (Å²) in [5.41, 5.74) is 5.00. The second-order valence-electron chi connectivity index (χ2n) is 5.26. The van der Waals surface area contributed by atoms with Crippen LogP contribution < -0.4 is 5.73 Å². The van der Waals surface area contributed by atoms with Gasteiger partial charge in [0.2, 0.25) is 0 Å². The Morgan fingerprint density at radius 3 is 2.50 bits per heavy atom. The van der Waals surface area contributed by atoms with Crippen molar-refractivity contribution in [2.45, 2.75) is 44.1 Å². The number of hydrogen-bond acceptors (Lipinski definition) is 5. The molecule has 0 aromatic carbocycles. The van der Waals surface area contributed by atoms with Crippen LogP contribution in [0.2, 0.25) is 0 Å². The minimum absolute atomic E-state index is 0.0792. The normalized spacial score (nSPS) is 24.1. The summed E-state index contributed by atoms with van der Waals surface area (Å²) in [6, 6.07) is -0.206. The molecule has 0 aliphatic carbocycles. The molecule has 1 amide bonds. The number of amides is 1. The molecule has 1 heterocycles. The van der Waals surface area contributed by atoms with E-state index in [1.807, 2.05) is 0 Å².